The fourth-order valence-corrected chi connectivity index (χ4v) is 4.35. The van der Waals surface area contributed by atoms with Crippen molar-refractivity contribution < 1.29 is 19.1 Å². The van der Waals surface area contributed by atoms with Crippen molar-refractivity contribution >= 4 is 29.1 Å². The number of piperidine rings is 1. The van der Waals surface area contributed by atoms with E-state index in [0.29, 0.717) is 37.0 Å². The molecule has 1 aromatic carbocycles. The largest absolute Gasteiger partial charge is 0.452 e. The molecule has 2 aromatic rings. The van der Waals surface area contributed by atoms with Gasteiger partial charge in [-0.25, -0.2) is 4.79 Å². The van der Waals surface area contributed by atoms with Gasteiger partial charge in [0.05, 0.1) is 17.7 Å². The van der Waals surface area contributed by atoms with Crippen molar-refractivity contribution in [2.45, 2.75) is 26.8 Å². The number of benzene rings is 1. The number of esters is 1. The van der Waals surface area contributed by atoms with Crippen LogP contribution in [0.25, 0.3) is 0 Å². The molecule has 2 amide bonds. The quantitative estimate of drug-likeness (QED) is 0.736. The second-order valence-electron chi connectivity index (χ2n) is 7.63. The van der Waals surface area contributed by atoms with Crippen LogP contribution in [0.5, 0.6) is 0 Å². The monoisotopic (exact) mass is 414 g/mol. The third-order valence-corrected chi connectivity index (χ3v) is 5.78. The van der Waals surface area contributed by atoms with Crippen LogP contribution in [-0.2, 0) is 16.1 Å². The summed E-state index contributed by atoms with van der Waals surface area (Å²) in [5, 5.41) is 4.64. The molecule has 6 nitrogen and oxygen atoms in total. The Morgan fingerprint density at radius 1 is 1.07 bits per heavy atom. The van der Waals surface area contributed by atoms with Gasteiger partial charge < -0.3 is 15.0 Å². The molecular weight excluding hydrogens is 388 g/mol. The summed E-state index contributed by atoms with van der Waals surface area (Å²) in [5.74, 6) is -0.367. The van der Waals surface area contributed by atoms with Gasteiger partial charge in [-0.15, -0.1) is 11.3 Å². The predicted molar refractivity (Wildman–Crippen MR) is 112 cm³/mol. The van der Waals surface area contributed by atoms with Gasteiger partial charge in [-0.1, -0.05) is 32.0 Å². The lowest BCUT2D eigenvalue weighted by Gasteiger charge is -2.35. The van der Waals surface area contributed by atoms with Crippen molar-refractivity contribution in [2.24, 2.45) is 11.8 Å². The summed E-state index contributed by atoms with van der Waals surface area (Å²) in [6.45, 7) is 5.63. The maximum Gasteiger partial charge on any atom is 0.339 e. The number of nitrogens with one attached hydrogen (secondary N) is 1. The van der Waals surface area contributed by atoms with E-state index in [1.165, 1.54) is 0 Å². The number of carbonyl (C=O) groups is 3. The smallest absolute Gasteiger partial charge is 0.339 e. The van der Waals surface area contributed by atoms with Crippen molar-refractivity contribution in [3.63, 3.8) is 0 Å². The van der Waals surface area contributed by atoms with Crippen molar-refractivity contribution in [2.75, 3.05) is 19.7 Å². The van der Waals surface area contributed by atoms with Crippen LogP contribution in [0.3, 0.4) is 0 Å². The fraction of sp³-hybridized carbons (Fsp3) is 0.409. The maximum absolute atomic E-state index is 13.0. The molecule has 1 aliphatic rings. The molecular formula is C22H26N2O4S. The lowest BCUT2D eigenvalue weighted by molar-refractivity contribution is -0.124. The summed E-state index contributed by atoms with van der Waals surface area (Å²) in [6.07, 6.45) is 1.09. The third-order valence-electron chi connectivity index (χ3n) is 4.91. The molecule has 1 saturated heterocycles. The van der Waals surface area contributed by atoms with Crippen molar-refractivity contribution in [3.8, 4) is 0 Å². The topological polar surface area (TPSA) is 75.7 Å². The van der Waals surface area contributed by atoms with Gasteiger partial charge in [0, 0.05) is 18.0 Å². The Morgan fingerprint density at radius 3 is 2.41 bits per heavy atom. The van der Waals surface area contributed by atoms with E-state index in [1.54, 1.807) is 40.5 Å². The molecule has 154 valence electrons. The van der Waals surface area contributed by atoms with E-state index in [0.717, 1.165) is 11.3 Å². The third kappa shape index (κ3) is 5.67. The molecule has 2 unspecified atom stereocenters. The highest BCUT2D eigenvalue weighted by Crippen LogP contribution is 2.23. The van der Waals surface area contributed by atoms with Crippen LogP contribution in [0.4, 0.5) is 0 Å². The van der Waals surface area contributed by atoms with Gasteiger partial charge >= 0.3 is 5.97 Å². The van der Waals surface area contributed by atoms with Gasteiger partial charge in [-0.05, 0) is 41.8 Å². The first-order chi connectivity index (χ1) is 13.9. The van der Waals surface area contributed by atoms with Gasteiger partial charge in [-0.2, -0.15) is 0 Å². The Hall–Kier alpha value is -2.67. The number of nitrogens with zero attached hydrogens (tertiary/aromatic N) is 1. The molecule has 1 fully saturated rings. The van der Waals surface area contributed by atoms with Crippen LogP contribution in [0.1, 0.15) is 45.9 Å². The van der Waals surface area contributed by atoms with Gasteiger partial charge in [0.15, 0.2) is 6.61 Å². The second kappa shape index (κ2) is 9.69. The average molecular weight is 415 g/mol. The number of rotatable bonds is 6. The molecule has 0 aliphatic carbocycles. The average Bonchev–Trinajstić information content (AvgIpc) is 3.23. The molecule has 0 radical (unpaired) electrons. The van der Waals surface area contributed by atoms with Gasteiger partial charge in [0.25, 0.3) is 11.8 Å². The summed E-state index contributed by atoms with van der Waals surface area (Å²) in [7, 11) is 0. The van der Waals surface area contributed by atoms with E-state index in [-0.39, 0.29) is 24.0 Å². The first-order valence-corrected chi connectivity index (χ1v) is 10.7. The van der Waals surface area contributed by atoms with Crippen molar-refractivity contribution in [1.29, 1.82) is 0 Å². The van der Waals surface area contributed by atoms with E-state index < -0.39 is 5.97 Å². The molecule has 1 aromatic heterocycles. The molecule has 1 aliphatic heterocycles. The van der Waals surface area contributed by atoms with Crippen LogP contribution in [0.15, 0.2) is 41.8 Å². The number of hydrogen-bond acceptors (Lipinski definition) is 5. The van der Waals surface area contributed by atoms with Crippen molar-refractivity contribution in [1.82, 2.24) is 10.2 Å². The van der Waals surface area contributed by atoms with Gasteiger partial charge in [0.1, 0.15) is 0 Å². The zero-order chi connectivity index (χ0) is 20.8. The van der Waals surface area contributed by atoms with E-state index in [2.05, 4.69) is 19.2 Å². The highest BCUT2D eigenvalue weighted by atomic mass is 32.1. The highest BCUT2D eigenvalue weighted by molar-refractivity contribution is 7.09. The van der Waals surface area contributed by atoms with Crippen LogP contribution in [-0.4, -0.2) is 42.4 Å². The summed E-state index contributed by atoms with van der Waals surface area (Å²) in [6, 6.07) is 10.4. The Morgan fingerprint density at radius 2 is 1.76 bits per heavy atom. The molecule has 0 saturated carbocycles. The molecule has 3 rings (SSSR count). The first-order valence-electron chi connectivity index (χ1n) is 9.78. The fourth-order valence-electron chi connectivity index (χ4n) is 3.71. The van der Waals surface area contributed by atoms with Crippen LogP contribution >= 0.6 is 11.3 Å². The highest BCUT2D eigenvalue weighted by Gasteiger charge is 2.28. The summed E-state index contributed by atoms with van der Waals surface area (Å²) < 4.78 is 5.16. The van der Waals surface area contributed by atoms with E-state index >= 15 is 0 Å². The summed E-state index contributed by atoms with van der Waals surface area (Å²) in [4.78, 5) is 40.4. The van der Waals surface area contributed by atoms with E-state index in [1.807, 2.05) is 17.5 Å². The number of thiophene rings is 1. The van der Waals surface area contributed by atoms with Crippen LogP contribution in [0, 0.1) is 11.8 Å². The first kappa shape index (κ1) is 21.0. The number of amides is 2. The lowest BCUT2D eigenvalue weighted by atomic mass is 9.91. The lowest BCUT2D eigenvalue weighted by Crippen LogP contribution is -2.43. The normalized spacial score (nSPS) is 18.9. The molecule has 0 spiro atoms. The molecule has 1 N–H and O–H groups in total. The van der Waals surface area contributed by atoms with Crippen molar-refractivity contribution in [3.05, 3.63) is 57.8 Å². The Balaban J connectivity index is 1.61. The minimum atomic E-state index is -0.668. The van der Waals surface area contributed by atoms with E-state index in [4.69, 9.17) is 4.74 Å². The summed E-state index contributed by atoms with van der Waals surface area (Å²) >= 11 is 1.54. The molecule has 7 heteroatoms. The van der Waals surface area contributed by atoms with E-state index in [9.17, 15) is 14.4 Å². The molecule has 2 heterocycles. The Kier molecular flexibility index (Phi) is 7.04. The van der Waals surface area contributed by atoms with Crippen LogP contribution < -0.4 is 5.32 Å². The Labute approximate surface area is 174 Å². The zero-order valence-electron chi connectivity index (χ0n) is 16.7. The van der Waals surface area contributed by atoms with Crippen LogP contribution in [0.2, 0.25) is 0 Å². The van der Waals surface area contributed by atoms with Gasteiger partial charge in [-0.3, -0.25) is 9.59 Å². The minimum Gasteiger partial charge on any atom is -0.452 e. The summed E-state index contributed by atoms with van der Waals surface area (Å²) in [5.41, 5.74) is 0.507. The number of carbonyl (C=O) groups excluding carboxylic acids is 3. The molecule has 2 atom stereocenters. The van der Waals surface area contributed by atoms with Gasteiger partial charge in [0.2, 0.25) is 0 Å². The zero-order valence-corrected chi connectivity index (χ0v) is 17.5. The predicted octanol–water partition coefficient (Wildman–Crippen LogP) is 3.34. The number of likely N-dealkylation sites (tertiary alicyclic amines) is 1. The molecule has 0 bridgehead atoms. The standard InChI is InChI=1S/C22H26N2O4S/c1-15-10-16(2)13-24(12-15)21(26)18-7-3-4-8-19(18)22(27)28-14-20(25)23-11-17-6-5-9-29-17/h3-9,15-16H,10-14H2,1-2H3,(H,23,25). The molecule has 29 heavy (non-hydrogen) atoms. The SMILES string of the molecule is CC1CC(C)CN(C(=O)c2ccccc2C(=O)OCC(=O)NCc2cccs2)C1. The maximum atomic E-state index is 13.0. The number of ether oxygens (including phenoxy) is 1. The minimum absolute atomic E-state index is 0.168. The number of hydrogen-bond donors (Lipinski definition) is 1. The second-order valence-corrected chi connectivity index (χ2v) is 8.67. The Bertz CT molecular complexity index is 855.